The minimum absolute atomic E-state index is 0.138. The van der Waals surface area contributed by atoms with E-state index in [0.717, 1.165) is 16.9 Å². The number of rotatable bonds is 9. The SMILES string of the molecule is CCN(Cc1ccc2c(c1)OCO2)C(=O)NCc1ccc(OCCOC)nc1. The van der Waals surface area contributed by atoms with Gasteiger partial charge in [0, 0.05) is 39.0 Å². The van der Waals surface area contributed by atoms with Gasteiger partial charge in [0.1, 0.15) is 6.61 Å². The maximum absolute atomic E-state index is 12.5. The maximum atomic E-state index is 12.5. The van der Waals surface area contributed by atoms with Gasteiger partial charge in [-0.2, -0.15) is 0 Å². The van der Waals surface area contributed by atoms with Crippen LogP contribution in [-0.2, 0) is 17.8 Å². The molecule has 0 saturated heterocycles. The minimum atomic E-state index is -0.138. The second-order valence-corrected chi connectivity index (χ2v) is 6.21. The highest BCUT2D eigenvalue weighted by molar-refractivity contribution is 5.74. The van der Waals surface area contributed by atoms with Crippen molar-refractivity contribution >= 4 is 6.03 Å². The number of nitrogens with zero attached hydrogens (tertiary/aromatic N) is 2. The summed E-state index contributed by atoms with van der Waals surface area (Å²) in [5.74, 6) is 1.98. The third kappa shape index (κ3) is 5.26. The molecule has 28 heavy (non-hydrogen) atoms. The van der Waals surface area contributed by atoms with Gasteiger partial charge in [0.2, 0.25) is 12.7 Å². The van der Waals surface area contributed by atoms with Gasteiger partial charge in [0.25, 0.3) is 0 Å². The Balaban J connectivity index is 1.50. The number of nitrogens with one attached hydrogen (secondary N) is 1. The molecule has 2 heterocycles. The van der Waals surface area contributed by atoms with E-state index in [4.69, 9.17) is 18.9 Å². The third-order valence-electron chi connectivity index (χ3n) is 4.26. The quantitative estimate of drug-likeness (QED) is 0.666. The summed E-state index contributed by atoms with van der Waals surface area (Å²) in [7, 11) is 1.62. The van der Waals surface area contributed by atoms with E-state index in [-0.39, 0.29) is 12.8 Å². The molecule has 2 aromatic rings. The standard InChI is InChI=1S/C20H25N3O5/c1-3-23(13-15-4-6-17-18(10-15)28-14-27-17)20(24)22-12-16-5-7-19(21-11-16)26-9-8-25-2/h4-7,10-11H,3,8-9,12-14H2,1-2H3,(H,22,24). The van der Waals surface area contributed by atoms with Gasteiger partial charge in [0.05, 0.1) is 6.61 Å². The molecule has 150 valence electrons. The Kier molecular flexibility index (Phi) is 6.91. The van der Waals surface area contributed by atoms with Crippen LogP contribution in [0.3, 0.4) is 0 Å². The molecule has 0 radical (unpaired) electrons. The van der Waals surface area contributed by atoms with Crippen LogP contribution in [0.15, 0.2) is 36.5 Å². The average Bonchev–Trinajstić information content (AvgIpc) is 3.19. The predicted molar refractivity (Wildman–Crippen MR) is 102 cm³/mol. The van der Waals surface area contributed by atoms with Gasteiger partial charge in [-0.1, -0.05) is 12.1 Å². The zero-order valence-corrected chi connectivity index (χ0v) is 16.1. The Morgan fingerprint density at radius 2 is 2.00 bits per heavy atom. The number of hydrogen-bond acceptors (Lipinski definition) is 6. The first-order valence-corrected chi connectivity index (χ1v) is 9.17. The molecule has 0 saturated carbocycles. The van der Waals surface area contributed by atoms with Crippen LogP contribution in [0.1, 0.15) is 18.1 Å². The highest BCUT2D eigenvalue weighted by Gasteiger charge is 2.16. The Morgan fingerprint density at radius 3 is 2.75 bits per heavy atom. The number of carbonyl (C=O) groups is 1. The van der Waals surface area contributed by atoms with Crippen molar-refractivity contribution in [3.8, 4) is 17.4 Å². The fourth-order valence-electron chi connectivity index (χ4n) is 2.71. The average molecular weight is 387 g/mol. The first kappa shape index (κ1) is 19.8. The molecule has 2 amide bonds. The van der Waals surface area contributed by atoms with Crippen molar-refractivity contribution in [2.75, 3.05) is 33.7 Å². The summed E-state index contributed by atoms with van der Waals surface area (Å²) in [6.45, 7) is 4.61. The lowest BCUT2D eigenvalue weighted by Crippen LogP contribution is -2.39. The van der Waals surface area contributed by atoms with Crippen molar-refractivity contribution in [3.05, 3.63) is 47.7 Å². The van der Waals surface area contributed by atoms with Gasteiger partial charge in [-0.15, -0.1) is 0 Å². The van der Waals surface area contributed by atoms with Crippen molar-refractivity contribution in [2.24, 2.45) is 0 Å². The molecular formula is C20H25N3O5. The van der Waals surface area contributed by atoms with Gasteiger partial charge in [-0.05, 0) is 30.2 Å². The van der Waals surface area contributed by atoms with E-state index in [2.05, 4.69) is 10.3 Å². The normalized spacial score (nSPS) is 11.9. The Labute approximate surface area is 164 Å². The van der Waals surface area contributed by atoms with Gasteiger partial charge < -0.3 is 29.2 Å². The van der Waals surface area contributed by atoms with Crippen LogP contribution in [0.2, 0.25) is 0 Å². The van der Waals surface area contributed by atoms with Crippen LogP contribution in [-0.4, -0.2) is 49.6 Å². The highest BCUT2D eigenvalue weighted by atomic mass is 16.7. The molecule has 1 aliphatic heterocycles. The monoisotopic (exact) mass is 387 g/mol. The third-order valence-corrected chi connectivity index (χ3v) is 4.26. The fraction of sp³-hybridized carbons (Fsp3) is 0.400. The Morgan fingerprint density at radius 1 is 1.18 bits per heavy atom. The molecule has 1 aromatic carbocycles. The molecule has 0 fully saturated rings. The van der Waals surface area contributed by atoms with Crippen molar-refractivity contribution in [2.45, 2.75) is 20.0 Å². The fourth-order valence-corrected chi connectivity index (χ4v) is 2.71. The minimum Gasteiger partial charge on any atom is -0.475 e. The number of hydrogen-bond donors (Lipinski definition) is 1. The first-order valence-electron chi connectivity index (χ1n) is 9.17. The van der Waals surface area contributed by atoms with E-state index in [1.807, 2.05) is 31.2 Å². The number of urea groups is 1. The van der Waals surface area contributed by atoms with E-state index in [1.165, 1.54) is 0 Å². The van der Waals surface area contributed by atoms with Gasteiger partial charge in [-0.3, -0.25) is 0 Å². The van der Waals surface area contributed by atoms with Crippen LogP contribution >= 0.6 is 0 Å². The summed E-state index contributed by atoms with van der Waals surface area (Å²) < 4.78 is 21.1. The molecule has 1 aromatic heterocycles. The van der Waals surface area contributed by atoms with Gasteiger partial charge in [-0.25, -0.2) is 9.78 Å². The number of ether oxygens (including phenoxy) is 4. The van der Waals surface area contributed by atoms with Crippen LogP contribution in [0.4, 0.5) is 4.79 Å². The van der Waals surface area contributed by atoms with E-state index < -0.39 is 0 Å². The summed E-state index contributed by atoms with van der Waals surface area (Å²) in [6.07, 6.45) is 1.69. The topological polar surface area (TPSA) is 82.2 Å². The second kappa shape index (κ2) is 9.80. The van der Waals surface area contributed by atoms with E-state index >= 15 is 0 Å². The van der Waals surface area contributed by atoms with Crippen molar-refractivity contribution in [1.29, 1.82) is 0 Å². The summed E-state index contributed by atoms with van der Waals surface area (Å²) in [5, 5.41) is 2.92. The smallest absolute Gasteiger partial charge is 0.317 e. The number of amides is 2. The van der Waals surface area contributed by atoms with E-state index in [1.54, 1.807) is 24.3 Å². The molecule has 1 N–H and O–H groups in total. The molecule has 0 atom stereocenters. The van der Waals surface area contributed by atoms with Crippen LogP contribution < -0.4 is 19.5 Å². The van der Waals surface area contributed by atoms with Crippen molar-refractivity contribution < 1.29 is 23.7 Å². The lowest BCUT2D eigenvalue weighted by Gasteiger charge is -2.21. The molecule has 3 rings (SSSR count). The molecule has 1 aliphatic rings. The zero-order valence-electron chi connectivity index (χ0n) is 16.1. The molecular weight excluding hydrogens is 362 g/mol. The summed E-state index contributed by atoms with van der Waals surface area (Å²) in [6, 6.07) is 9.23. The number of aromatic nitrogens is 1. The number of benzene rings is 1. The van der Waals surface area contributed by atoms with E-state index in [0.29, 0.717) is 44.5 Å². The number of methoxy groups -OCH3 is 1. The van der Waals surface area contributed by atoms with Crippen molar-refractivity contribution in [1.82, 2.24) is 15.2 Å². The largest absolute Gasteiger partial charge is 0.475 e. The van der Waals surface area contributed by atoms with Gasteiger partial charge in [0.15, 0.2) is 11.5 Å². The number of pyridine rings is 1. The van der Waals surface area contributed by atoms with Gasteiger partial charge >= 0.3 is 6.03 Å². The summed E-state index contributed by atoms with van der Waals surface area (Å²) in [4.78, 5) is 18.5. The number of fused-ring (bicyclic) bond motifs is 1. The van der Waals surface area contributed by atoms with E-state index in [9.17, 15) is 4.79 Å². The lowest BCUT2D eigenvalue weighted by molar-refractivity contribution is 0.143. The lowest BCUT2D eigenvalue weighted by atomic mass is 10.2. The Bertz CT molecular complexity index is 782. The molecule has 8 nitrogen and oxygen atoms in total. The predicted octanol–water partition coefficient (Wildman–Crippen LogP) is 2.57. The molecule has 0 bridgehead atoms. The molecule has 0 aliphatic carbocycles. The summed E-state index contributed by atoms with van der Waals surface area (Å²) >= 11 is 0. The zero-order chi connectivity index (χ0) is 19.8. The van der Waals surface area contributed by atoms with Crippen molar-refractivity contribution in [3.63, 3.8) is 0 Å². The molecule has 0 spiro atoms. The highest BCUT2D eigenvalue weighted by Crippen LogP contribution is 2.32. The van der Waals surface area contributed by atoms with Crippen LogP contribution in [0.25, 0.3) is 0 Å². The number of carbonyl (C=O) groups excluding carboxylic acids is 1. The molecule has 8 heteroatoms. The summed E-state index contributed by atoms with van der Waals surface area (Å²) in [5.41, 5.74) is 1.88. The Hall–Kier alpha value is -3.00. The molecule has 0 unspecified atom stereocenters. The second-order valence-electron chi connectivity index (χ2n) is 6.21. The maximum Gasteiger partial charge on any atom is 0.317 e. The van der Waals surface area contributed by atoms with Crippen LogP contribution in [0, 0.1) is 0 Å². The first-order chi connectivity index (χ1) is 13.7. The van der Waals surface area contributed by atoms with Crippen LogP contribution in [0.5, 0.6) is 17.4 Å².